The van der Waals surface area contributed by atoms with Gasteiger partial charge in [-0.2, -0.15) is 5.10 Å². The van der Waals surface area contributed by atoms with Gasteiger partial charge >= 0.3 is 5.69 Å². The lowest BCUT2D eigenvalue weighted by Gasteiger charge is -2.31. The molecule has 0 bridgehead atoms. The lowest BCUT2D eigenvalue weighted by molar-refractivity contribution is -0.125. The molecule has 5 rings (SSSR count). The third-order valence-corrected chi connectivity index (χ3v) is 6.03. The number of carbonyl (C=O) groups excluding carboxylic acids is 1. The zero-order valence-electron chi connectivity index (χ0n) is 14.2. The SMILES string of the molecule is O=C(C1=NO[C@@H]2CCC[C@H]12)N1CCC(n2nc(C3CC3)[nH]c2=O)CC1. The molecular weight excluding hydrogens is 322 g/mol. The first kappa shape index (κ1) is 15.2. The van der Waals surface area contributed by atoms with E-state index in [1.54, 1.807) is 4.68 Å². The first-order valence-electron chi connectivity index (χ1n) is 9.42. The number of oxime groups is 1. The zero-order valence-corrected chi connectivity index (χ0v) is 14.2. The van der Waals surface area contributed by atoms with Crippen molar-refractivity contribution in [3.05, 3.63) is 16.3 Å². The second-order valence-electron chi connectivity index (χ2n) is 7.72. The highest BCUT2D eigenvalue weighted by Gasteiger charge is 2.43. The molecule has 0 aromatic carbocycles. The summed E-state index contributed by atoms with van der Waals surface area (Å²) in [5.41, 5.74) is 0.489. The van der Waals surface area contributed by atoms with Crippen molar-refractivity contribution in [1.29, 1.82) is 0 Å². The average molecular weight is 345 g/mol. The Hall–Kier alpha value is -2.12. The Labute approximate surface area is 145 Å². The average Bonchev–Trinajstić information content (AvgIpc) is 3.05. The molecule has 2 atom stereocenters. The van der Waals surface area contributed by atoms with Crippen LogP contribution in [0.4, 0.5) is 0 Å². The van der Waals surface area contributed by atoms with Gasteiger partial charge in [0.15, 0.2) is 5.71 Å². The first-order valence-corrected chi connectivity index (χ1v) is 9.42. The lowest BCUT2D eigenvalue weighted by atomic mass is 9.97. The molecule has 4 aliphatic rings. The molecule has 3 fully saturated rings. The largest absolute Gasteiger partial charge is 0.391 e. The van der Waals surface area contributed by atoms with Crippen LogP contribution >= 0.6 is 0 Å². The topological polar surface area (TPSA) is 92.6 Å². The van der Waals surface area contributed by atoms with Crippen LogP contribution in [-0.4, -0.2) is 50.5 Å². The van der Waals surface area contributed by atoms with Gasteiger partial charge < -0.3 is 9.74 Å². The monoisotopic (exact) mass is 345 g/mol. The molecule has 8 heteroatoms. The van der Waals surface area contributed by atoms with E-state index in [1.165, 1.54) is 0 Å². The van der Waals surface area contributed by atoms with Crippen LogP contribution in [0.1, 0.15) is 62.7 Å². The van der Waals surface area contributed by atoms with Crippen molar-refractivity contribution >= 4 is 11.6 Å². The van der Waals surface area contributed by atoms with Crippen molar-refractivity contribution in [3.8, 4) is 0 Å². The Morgan fingerprint density at radius 2 is 1.92 bits per heavy atom. The second-order valence-corrected chi connectivity index (χ2v) is 7.72. The van der Waals surface area contributed by atoms with Gasteiger partial charge in [0.2, 0.25) is 0 Å². The Morgan fingerprint density at radius 1 is 1.12 bits per heavy atom. The lowest BCUT2D eigenvalue weighted by Crippen LogP contribution is -2.45. The summed E-state index contributed by atoms with van der Waals surface area (Å²) in [6, 6.07) is 0.0706. The molecule has 2 aliphatic heterocycles. The number of H-pyrrole nitrogens is 1. The highest BCUT2D eigenvalue weighted by Crippen LogP contribution is 2.38. The number of nitrogens with one attached hydrogen (secondary N) is 1. The van der Waals surface area contributed by atoms with Gasteiger partial charge in [0.05, 0.1) is 6.04 Å². The van der Waals surface area contributed by atoms with Crippen LogP contribution in [0, 0.1) is 5.92 Å². The predicted molar refractivity (Wildman–Crippen MR) is 89.3 cm³/mol. The van der Waals surface area contributed by atoms with E-state index in [2.05, 4.69) is 15.2 Å². The number of hydrogen-bond donors (Lipinski definition) is 1. The Morgan fingerprint density at radius 3 is 2.68 bits per heavy atom. The van der Waals surface area contributed by atoms with E-state index in [0.717, 1.165) is 50.8 Å². The molecule has 8 nitrogen and oxygen atoms in total. The zero-order chi connectivity index (χ0) is 17.0. The van der Waals surface area contributed by atoms with E-state index in [9.17, 15) is 9.59 Å². The van der Waals surface area contributed by atoms with Crippen LogP contribution in [0.25, 0.3) is 0 Å². The molecule has 0 radical (unpaired) electrons. The van der Waals surface area contributed by atoms with Gasteiger partial charge in [-0.15, -0.1) is 0 Å². The summed E-state index contributed by atoms with van der Waals surface area (Å²) >= 11 is 0. The summed E-state index contributed by atoms with van der Waals surface area (Å²) in [4.78, 5) is 35.1. The summed E-state index contributed by atoms with van der Waals surface area (Å²) in [5.74, 6) is 1.46. The van der Waals surface area contributed by atoms with Crippen molar-refractivity contribution < 1.29 is 9.63 Å². The number of hydrogen-bond acceptors (Lipinski definition) is 5. The van der Waals surface area contributed by atoms with Crippen molar-refractivity contribution in [2.45, 2.75) is 63.0 Å². The summed E-state index contributed by atoms with van der Waals surface area (Å²) in [6.07, 6.45) is 6.95. The molecule has 1 saturated heterocycles. The Kier molecular flexibility index (Phi) is 3.46. The minimum absolute atomic E-state index is 0.0147. The third kappa shape index (κ3) is 2.58. The van der Waals surface area contributed by atoms with Gasteiger partial charge in [0.25, 0.3) is 5.91 Å². The predicted octanol–water partition coefficient (Wildman–Crippen LogP) is 1.17. The fourth-order valence-corrected chi connectivity index (χ4v) is 4.37. The molecule has 1 amide bonds. The van der Waals surface area contributed by atoms with Crippen molar-refractivity contribution in [2.75, 3.05) is 13.1 Å². The summed E-state index contributed by atoms with van der Waals surface area (Å²) in [6.45, 7) is 1.27. The maximum atomic E-state index is 12.8. The van der Waals surface area contributed by atoms with Gasteiger partial charge in [-0.1, -0.05) is 5.16 Å². The third-order valence-electron chi connectivity index (χ3n) is 6.03. The highest BCUT2D eigenvalue weighted by atomic mass is 16.6. The molecule has 1 N–H and O–H groups in total. The molecule has 0 unspecified atom stereocenters. The molecule has 1 aromatic heterocycles. The fourth-order valence-electron chi connectivity index (χ4n) is 4.37. The number of rotatable bonds is 3. The normalized spacial score (nSPS) is 29.4. The van der Waals surface area contributed by atoms with E-state index in [1.807, 2.05) is 4.90 Å². The smallest absolute Gasteiger partial charge is 0.343 e. The number of amides is 1. The summed E-state index contributed by atoms with van der Waals surface area (Å²) < 4.78 is 1.60. The summed E-state index contributed by atoms with van der Waals surface area (Å²) in [7, 11) is 0. The maximum Gasteiger partial charge on any atom is 0.343 e. The number of likely N-dealkylation sites (tertiary alicyclic amines) is 1. The van der Waals surface area contributed by atoms with Gasteiger partial charge in [0.1, 0.15) is 11.9 Å². The maximum absolute atomic E-state index is 12.8. The van der Waals surface area contributed by atoms with Crippen LogP contribution in [0.3, 0.4) is 0 Å². The van der Waals surface area contributed by atoms with E-state index >= 15 is 0 Å². The molecule has 0 spiro atoms. The Bertz CT molecular complexity index is 769. The van der Waals surface area contributed by atoms with Crippen molar-refractivity contribution in [3.63, 3.8) is 0 Å². The number of carbonyl (C=O) groups is 1. The molecule has 25 heavy (non-hydrogen) atoms. The van der Waals surface area contributed by atoms with Gasteiger partial charge in [0, 0.05) is 24.9 Å². The molecular formula is C17H23N5O3. The molecule has 3 heterocycles. The molecule has 2 saturated carbocycles. The van der Waals surface area contributed by atoms with Gasteiger partial charge in [-0.3, -0.25) is 9.78 Å². The standard InChI is InChI=1S/C17H23N5O3/c23-16(14-12-2-1-3-13(12)25-20-14)21-8-6-11(7-9-21)22-17(24)18-15(19-22)10-4-5-10/h10-13H,1-9H2,(H,18,19,24)/t12-,13+/m0/s1. The van der Waals surface area contributed by atoms with Gasteiger partial charge in [-0.05, 0) is 44.9 Å². The van der Waals surface area contributed by atoms with Crippen molar-refractivity contribution in [1.82, 2.24) is 19.7 Å². The van der Waals surface area contributed by atoms with E-state index in [0.29, 0.717) is 24.7 Å². The van der Waals surface area contributed by atoms with Crippen LogP contribution in [0.5, 0.6) is 0 Å². The highest BCUT2D eigenvalue weighted by molar-refractivity contribution is 6.40. The van der Waals surface area contributed by atoms with Crippen LogP contribution in [0.2, 0.25) is 0 Å². The first-order chi connectivity index (χ1) is 12.2. The second kappa shape index (κ2) is 5.71. The van der Waals surface area contributed by atoms with E-state index in [4.69, 9.17) is 4.84 Å². The molecule has 134 valence electrons. The minimum atomic E-state index is -0.117. The number of aromatic nitrogens is 3. The summed E-state index contributed by atoms with van der Waals surface area (Å²) in [5, 5.41) is 8.56. The molecule has 2 aliphatic carbocycles. The number of piperidine rings is 1. The van der Waals surface area contributed by atoms with E-state index in [-0.39, 0.29) is 29.7 Å². The van der Waals surface area contributed by atoms with Crippen molar-refractivity contribution in [2.24, 2.45) is 11.1 Å². The number of aromatic amines is 1. The molecule has 1 aromatic rings. The van der Waals surface area contributed by atoms with Gasteiger partial charge in [-0.25, -0.2) is 9.48 Å². The fraction of sp³-hybridized carbons (Fsp3) is 0.765. The Balaban J connectivity index is 1.24. The van der Waals surface area contributed by atoms with Crippen LogP contribution in [0.15, 0.2) is 9.95 Å². The number of fused-ring (bicyclic) bond motifs is 1. The quantitative estimate of drug-likeness (QED) is 0.890. The van der Waals surface area contributed by atoms with Crippen LogP contribution < -0.4 is 5.69 Å². The van der Waals surface area contributed by atoms with Crippen LogP contribution in [-0.2, 0) is 9.63 Å². The van der Waals surface area contributed by atoms with E-state index < -0.39 is 0 Å². The number of nitrogens with zero attached hydrogens (tertiary/aromatic N) is 4. The minimum Gasteiger partial charge on any atom is -0.391 e.